The third-order valence-electron chi connectivity index (χ3n) is 7.40. The molecule has 1 aromatic heterocycles. The van der Waals surface area contributed by atoms with Crippen LogP contribution in [-0.2, 0) is 11.3 Å². The van der Waals surface area contributed by atoms with E-state index in [0.717, 1.165) is 42.0 Å². The molecule has 216 valence electrons. The van der Waals surface area contributed by atoms with Crippen LogP contribution in [0, 0.1) is 5.82 Å². The lowest BCUT2D eigenvalue weighted by molar-refractivity contribution is 0.0342. The molecule has 0 atom stereocenters. The Hall–Kier alpha value is -4.22. The summed E-state index contributed by atoms with van der Waals surface area (Å²) in [5, 5.41) is 24.5. The number of hydrogen-bond donors (Lipinski definition) is 4. The van der Waals surface area contributed by atoms with Crippen LogP contribution in [0.3, 0.4) is 0 Å². The molecule has 5 rings (SSSR count). The van der Waals surface area contributed by atoms with E-state index in [9.17, 15) is 19.1 Å². The van der Waals surface area contributed by atoms with Crippen molar-refractivity contribution in [2.45, 2.75) is 44.3 Å². The summed E-state index contributed by atoms with van der Waals surface area (Å²) in [6, 6.07) is 13.3. The van der Waals surface area contributed by atoms with Gasteiger partial charge < -0.3 is 30.3 Å². The Kier molecular flexibility index (Phi) is 8.95. The molecule has 1 aliphatic heterocycles. The quantitative estimate of drug-likeness (QED) is 0.314. The average Bonchev–Trinajstić information content (AvgIpc) is 2.95. The number of aromatic hydroxyl groups is 1. The lowest BCUT2D eigenvalue weighted by Crippen LogP contribution is -2.43. The fourth-order valence-electron chi connectivity index (χ4n) is 5.32. The molecular formula is C30H33FN4O6. The minimum Gasteiger partial charge on any atom is -0.508 e. The van der Waals surface area contributed by atoms with E-state index >= 15 is 0 Å². The Morgan fingerprint density at radius 1 is 1.02 bits per heavy atom. The number of phenolic OH excluding ortho intramolecular Hbond substituents is 1. The number of carbonyl (C=O) groups excluding carboxylic acids is 1. The van der Waals surface area contributed by atoms with Gasteiger partial charge in [0.15, 0.2) is 0 Å². The van der Waals surface area contributed by atoms with Crippen molar-refractivity contribution in [3.8, 4) is 28.5 Å². The Bertz CT molecular complexity index is 1390. The summed E-state index contributed by atoms with van der Waals surface area (Å²) in [5.41, 5.74) is 2.71. The van der Waals surface area contributed by atoms with E-state index in [2.05, 4.69) is 20.5 Å². The van der Waals surface area contributed by atoms with Gasteiger partial charge in [0.25, 0.3) is 5.91 Å². The van der Waals surface area contributed by atoms with Gasteiger partial charge in [0.1, 0.15) is 22.9 Å². The lowest BCUT2D eigenvalue weighted by Gasteiger charge is -2.29. The number of amides is 2. The van der Waals surface area contributed by atoms with Crippen LogP contribution in [0.5, 0.6) is 17.4 Å². The van der Waals surface area contributed by atoms with Crippen LogP contribution in [0.2, 0.25) is 0 Å². The minimum absolute atomic E-state index is 0.0264. The van der Waals surface area contributed by atoms with Gasteiger partial charge in [-0.05, 0) is 72.7 Å². The standard InChI is InChI=1S/C30H33FN4O6/c31-21-16-27(28(37)33-22-4-6-23(7-5-22)34-30(38)39)29(32-17-21)41-25-3-1-2-19(15-25)26-9-8-24(36)14-20(26)18-35-10-12-40-13-11-35/h1-3,8-9,14-17,22-23,34,36H,4-7,10-13,18H2,(H,33,37)(H,38,39). The zero-order valence-corrected chi connectivity index (χ0v) is 22.5. The van der Waals surface area contributed by atoms with Gasteiger partial charge in [-0.15, -0.1) is 0 Å². The fourth-order valence-corrected chi connectivity index (χ4v) is 5.32. The summed E-state index contributed by atoms with van der Waals surface area (Å²) in [7, 11) is 0. The molecule has 2 amide bonds. The van der Waals surface area contributed by atoms with Crippen LogP contribution < -0.4 is 15.4 Å². The highest BCUT2D eigenvalue weighted by molar-refractivity contribution is 5.96. The van der Waals surface area contributed by atoms with Crippen molar-refractivity contribution in [3.05, 3.63) is 71.7 Å². The van der Waals surface area contributed by atoms with Gasteiger partial charge in [-0.25, -0.2) is 14.2 Å². The van der Waals surface area contributed by atoms with Gasteiger partial charge in [0.05, 0.1) is 19.4 Å². The zero-order chi connectivity index (χ0) is 28.8. The largest absolute Gasteiger partial charge is 0.508 e. The van der Waals surface area contributed by atoms with Gasteiger partial charge in [0.2, 0.25) is 5.88 Å². The number of pyridine rings is 1. The molecule has 2 fully saturated rings. The number of carbonyl (C=O) groups is 2. The third kappa shape index (κ3) is 7.50. The van der Waals surface area contributed by atoms with Crippen LogP contribution >= 0.6 is 0 Å². The average molecular weight is 565 g/mol. The molecule has 1 saturated carbocycles. The molecule has 1 aliphatic carbocycles. The number of morpholine rings is 1. The molecule has 0 radical (unpaired) electrons. The smallest absolute Gasteiger partial charge is 0.404 e. The number of rotatable bonds is 8. The van der Waals surface area contributed by atoms with Gasteiger partial charge in [-0.1, -0.05) is 18.2 Å². The second-order valence-electron chi connectivity index (χ2n) is 10.3. The topological polar surface area (TPSA) is 133 Å². The van der Waals surface area contributed by atoms with Gasteiger partial charge in [-0.3, -0.25) is 9.69 Å². The first-order chi connectivity index (χ1) is 19.8. The number of benzene rings is 2. The lowest BCUT2D eigenvalue weighted by atomic mass is 9.91. The zero-order valence-electron chi connectivity index (χ0n) is 22.5. The molecule has 11 heteroatoms. The van der Waals surface area contributed by atoms with E-state index in [1.807, 2.05) is 24.3 Å². The number of nitrogens with zero attached hydrogens (tertiary/aromatic N) is 2. The Balaban J connectivity index is 1.32. The second kappa shape index (κ2) is 13.0. The van der Waals surface area contributed by atoms with Crippen molar-refractivity contribution >= 4 is 12.0 Å². The summed E-state index contributed by atoms with van der Waals surface area (Å²) < 4.78 is 25.6. The van der Waals surface area contributed by atoms with Crippen LogP contribution in [0.1, 0.15) is 41.6 Å². The molecule has 10 nitrogen and oxygen atoms in total. The first kappa shape index (κ1) is 28.3. The van der Waals surface area contributed by atoms with Crippen LogP contribution in [0.4, 0.5) is 9.18 Å². The Morgan fingerprint density at radius 3 is 2.49 bits per heavy atom. The van der Waals surface area contributed by atoms with Crippen molar-refractivity contribution in [3.63, 3.8) is 0 Å². The molecule has 0 bridgehead atoms. The molecule has 41 heavy (non-hydrogen) atoms. The number of nitrogens with one attached hydrogen (secondary N) is 2. The van der Waals surface area contributed by atoms with Crippen molar-refractivity contribution < 1.29 is 33.7 Å². The van der Waals surface area contributed by atoms with Crippen molar-refractivity contribution in [2.75, 3.05) is 26.3 Å². The normalized spacial score (nSPS) is 19.3. The van der Waals surface area contributed by atoms with Gasteiger partial charge in [0, 0.05) is 31.7 Å². The Labute approximate surface area is 237 Å². The maximum atomic E-state index is 14.2. The van der Waals surface area contributed by atoms with E-state index in [0.29, 0.717) is 51.2 Å². The monoisotopic (exact) mass is 564 g/mol. The first-order valence-electron chi connectivity index (χ1n) is 13.7. The minimum atomic E-state index is -1.06. The molecule has 0 unspecified atom stereocenters. The number of phenols is 1. The van der Waals surface area contributed by atoms with E-state index in [1.165, 1.54) is 0 Å². The molecule has 2 aromatic carbocycles. The van der Waals surface area contributed by atoms with Gasteiger partial charge in [-0.2, -0.15) is 0 Å². The predicted octanol–water partition coefficient (Wildman–Crippen LogP) is 4.53. The van der Waals surface area contributed by atoms with Crippen molar-refractivity contribution in [2.24, 2.45) is 0 Å². The van der Waals surface area contributed by atoms with Crippen LogP contribution in [0.15, 0.2) is 54.7 Å². The SMILES string of the molecule is O=C(O)NC1CCC(NC(=O)c2cc(F)cnc2Oc2cccc(-c3ccc(O)cc3CN3CCOCC3)c2)CC1. The van der Waals surface area contributed by atoms with E-state index in [-0.39, 0.29) is 29.3 Å². The molecule has 2 heterocycles. The Morgan fingerprint density at radius 2 is 1.76 bits per heavy atom. The highest BCUT2D eigenvalue weighted by Gasteiger charge is 2.25. The van der Waals surface area contributed by atoms with Crippen LogP contribution in [-0.4, -0.2) is 70.5 Å². The van der Waals surface area contributed by atoms with E-state index < -0.39 is 17.8 Å². The summed E-state index contributed by atoms with van der Waals surface area (Å²) in [5.74, 6) is -0.600. The van der Waals surface area contributed by atoms with E-state index in [1.54, 1.807) is 18.2 Å². The number of carboxylic acid groups (broad SMARTS) is 1. The second-order valence-corrected chi connectivity index (χ2v) is 10.3. The first-order valence-corrected chi connectivity index (χ1v) is 13.7. The highest BCUT2D eigenvalue weighted by Crippen LogP contribution is 2.33. The van der Waals surface area contributed by atoms with Crippen molar-refractivity contribution in [1.82, 2.24) is 20.5 Å². The number of hydrogen-bond acceptors (Lipinski definition) is 7. The molecule has 2 aliphatic rings. The molecule has 1 saturated heterocycles. The fraction of sp³-hybridized carbons (Fsp3) is 0.367. The summed E-state index contributed by atoms with van der Waals surface area (Å²) in [4.78, 5) is 30.4. The predicted molar refractivity (Wildman–Crippen MR) is 149 cm³/mol. The maximum Gasteiger partial charge on any atom is 0.404 e. The molecular weight excluding hydrogens is 531 g/mol. The number of halogens is 1. The molecule has 3 aromatic rings. The molecule has 0 spiro atoms. The summed E-state index contributed by atoms with van der Waals surface area (Å²) >= 11 is 0. The maximum absolute atomic E-state index is 14.2. The highest BCUT2D eigenvalue weighted by atomic mass is 19.1. The number of ether oxygens (including phenoxy) is 2. The van der Waals surface area contributed by atoms with E-state index in [4.69, 9.17) is 14.6 Å². The summed E-state index contributed by atoms with van der Waals surface area (Å²) in [6.45, 7) is 3.60. The third-order valence-corrected chi connectivity index (χ3v) is 7.40. The number of aromatic nitrogens is 1. The van der Waals surface area contributed by atoms with Gasteiger partial charge >= 0.3 is 6.09 Å². The molecule has 4 N–H and O–H groups in total. The summed E-state index contributed by atoms with van der Waals surface area (Å²) in [6.07, 6.45) is 2.32. The van der Waals surface area contributed by atoms with Crippen LogP contribution in [0.25, 0.3) is 11.1 Å². The van der Waals surface area contributed by atoms with Crippen molar-refractivity contribution in [1.29, 1.82) is 0 Å².